The molecule has 2 aromatic rings. The van der Waals surface area contributed by atoms with Crippen LogP contribution >= 0.6 is 27.5 Å². The van der Waals surface area contributed by atoms with Crippen molar-refractivity contribution < 1.29 is 0 Å². The fourth-order valence-electron chi connectivity index (χ4n) is 1.63. The number of nitrogen functional groups attached to an aromatic ring is 1. The summed E-state index contributed by atoms with van der Waals surface area (Å²) in [5.74, 6) is 0.559. The highest BCUT2D eigenvalue weighted by atomic mass is 79.9. The molecule has 0 saturated carbocycles. The van der Waals surface area contributed by atoms with Crippen LogP contribution in [0.5, 0.6) is 0 Å². The Morgan fingerprint density at radius 3 is 2.88 bits per heavy atom. The lowest BCUT2D eigenvalue weighted by molar-refractivity contribution is 1.10. The number of benzene rings is 1. The number of aromatic nitrogens is 2. The molecule has 0 fully saturated rings. The van der Waals surface area contributed by atoms with Gasteiger partial charge in [0.2, 0.25) is 0 Å². The molecule has 3 N–H and O–H groups in total. The van der Waals surface area contributed by atoms with Crippen LogP contribution in [0.1, 0.15) is 12.5 Å². The van der Waals surface area contributed by atoms with Crippen LogP contribution in [0.2, 0.25) is 5.02 Å². The zero-order chi connectivity index (χ0) is 11.7. The Morgan fingerprint density at radius 1 is 1.50 bits per heavy atom. The van der Waals surface area contributed by atoms with E-state index in [1.165, 1.54) is 0 Å². The predicted molar refractivity (Wildman–Crippen MR) is 70.5 cm³/mol. The maximum absolute atomic E-state index is 5.95. The summed E-state index contributed by atoms with van der Waals surface area (Å²) in [5, 5.41) is 7.66. The van der Waals surface area contributed by atoms with Crippen molar-refractivity contribution in [2.24, 2.45) is 0 Å². The van der Waals surface area contributed by atoms with E-state index in [1.54, 1.807) is 0 Å². The first-order valence-corrected chi connectivity index (χ1v) is 6.08. The Balaban J connectivity index is 2.54. The van der Waals surface area contributed by atoms with Gasteiger partial charge in [0.25, 0.3) is 0 Å². The molecule has 0 saturated heterocycles. The van der Waals surface area contributed by atoms with Crippen LogP contribution in [0.25, 0.3) is 11.3 Å². The lowest BCUT2D eigenvalue weighted by Crippen LogP contribution is -1.90. The summed E-state index contributed by atoms with van der Waals surface area (Å²) in [6.07, 6.45) is 0.845. The predicted octanol–water partition coefficient (Wildman–Crippen LogP) is 3.64. The summed E-state index contributed by atoms with van der Waals surface area (Å²) in [6.45, 7) is 2.05. The molecule has 1 heterocycles. The molecule has 0 radical (unpaired) electrons. The Labute approximate surface area is 107 Å². The van der Waals surface area contributed by atoms with E-state index in [9.17, 15) is 0 Å². The second kappa shape index (κ2) is 4.47. The summed E-state index contributed by atoms with van der Waals surface area (Å²) < 4.78 is 0.863. The molecule has 0 atom stereocenters. The minimum Gasteiger partial charge on any atom is -0.382 e. The normalized spacial score (nSPS) is 10.7. The minimum absolute atomic E-state index is 0.559. The lowest BCUT2D eigenvalue weighted by atomic mass is 10.1. The molecule has 0 aliphatic heterocycles. The molecule has 0 spiro atoms. The van der Waals surface area contributed by atoms with Crippen molar-refractivity contribution >= 4 is 33.3 Å². The highest BCUT2D eigenvalue weighted by Gasteiger charge is 2.11. The van der Waals surface area contributed by atoms with Crippen LogP contribution in [0.3, 0.4) is 0 Å². The van der Waals surface area contributed by atoms with Crippen molar-refractivity contribution in [3.63, 3.8) is 0 Å². The van der Waals surface area contributed by atoms with E-state index in [0.29, 0.717) is 10.8 Å². The molecule has 1 aromatic heterocycles. The molecular formula is C11H11BrClN3. The van der Waals surface area contributed by atoms with E-state index >= 15 is 0 Å². The van der Waals surface area contributed by atoms with Crippen molar-refractivity contribution in [3.8, 4) is 11.3 Å². The third-order valence-corrected chi connectivity index (χ3v) is 3.67. The minimum atomic E-state index is 0.559. The molecule has 0 unspecified atom stereocenters. The molecule has 16 heavy (non-hydrogen) atoms. The van der Waals surface area contributed by atoms with Crippen LogP contribution in [0.15, 0.2) is 22.7 Å². The first-order valence-electron chi connectivity index (χ1n) is 4.91. The van der Waals surface area contributed by atoms with Crippen LogP contribution in [0, 0.1) is 0 Å². The number of halogens is 2. The Morgan fingerprint density at radius 2 is 2.25 bits per heavy atom. The van der Waals surface area contributed by atoms with Gasteiger partial charge < -0.3 is 5.73 Å². The number of anilines is 1. The van der Waals surface area contributed by atoms with E-state index in [-0.39, 0.29) is 0 Å². The summed E-state index contributed by atoms with van der Waals surface area (Å²) in [6, 6.07) is 5.74. The molecule has 5 heteroatoms. The molecule has 2 rings (SSSR count). The third kappa shape index (κ3) is 1.95. The number of aromatic amines is 1. The van der Waals surface area contributed by atoms with Crippen molar-refractivity contribution in [2.45, 2.75) is 13.3 Å². The first-order chi connectivity index (χ1) is 7.63. The highest BCUT2D eigenvalue weighted by Crippen LogP contribution is 2.31. The van der Waals surface area contributed by atoms with E-state index in [4.69, 9.17) is 17.3 Å². The Kier molecular flexibility index (Phi) is 3.21. The van der Waals surface area contributed by atoms with Gasteiger partial charge in [0.15, 0.2) is 0 Å². The van der Waals surface area contributed by atoms with E-state index in [1.807, 2.05) is 18.2 Å². The lowest BCUT2D eigenvalue weighted by Gasteiger charge is -2.03. The van der Waals surface area contributed by atoms with Crippen molar-refractivity contribution in [1.82, 2.24) is 10.2 Å². The fourth-order valence-corrected chi connectivity index (χ4v) is 2.12. The number of hydrogen-bond donors (Lipinski definition) is 2. The van der Waals surface area contributed by atoms with Gasteiger partial charge in [0.1, 0.15) is 5.82 Å². The average Bonchev–Trinajstić information content (AvgIpc) is 2.63. The summed E-state index contributed by atoms with van der Waals surface area (Å²) in [4.78, 5) is 0. The molecule has 3 nitrogen and oxygen atoms in total. The molecule has 0 amide bonds. The van der Waals surface area contributed by atoms with Crippen molar-refractivity contribution in [3.05, 3.63) is 33.3 Å². The molecule has 0 aliphatic carbocycles. The van der Waals surface area contributed by atoms with E-state index < -0.39 is 0 Å². The maximum Gasteiger partial charge on any atom is 0.149 e. The SMILES string of the molecule is CCc1c(N)n[nH]c1-c1ccc(Cl)c(Br)c1. The van der Waals surface area contributed by atoms with Gasteiger partial charge in [-0.15, -0.1) is 0 Å². The number of nitrogens with one attached hydrogen (secondary N) is 1. The standard InChI is InChI=1S/C11H11BrClN3/c1-2-7-10(15-16-11(7)14)6-3-4-9(13)8(12)5-6/h3-5H,2H2,1H3,(H3,14,15,16). The van der Waals surface area contributed by atoms with Crippen LogP contribution in [-0.2, 0) is 6.42 Å². The Hall–Kier alpha value is -1.000. The number of nitrogens with two attached hydrogens (primary N) is 1. The van der Waals surface area contributed by atoms with Gasteiger partial charge in [-0.25, -0.2) is 0 Å². The monoisotopic (exact) mass is 299 g/mol. The third-order valence-electron chi connectivity index (χ3n) is 2.46. The highest BCUT2D eigenvalue weighted by molar-refractivity contribution is 9.10. The number of H-pyrrole nitrogens is 1. The molecule has 1 aromatic carbocycles. The largest absolute Gasteiger partial charge is 0.382 e. The number of rotatable bonds is 2. The summed E-state index contributed by atoms with van der Waals surface area (Å²) in [5.41, 5.74) is 8.79. The molecular weight excluding hydrogens is 289 g/mol. The number of nitrogens with zero attached hydrogens (tertiary/aromatic N) is 1. The second-order valence-electron chi connectivity index (χ2n) is 3.44. The zero-order valence-electron chi connectivity index (χ0n) is 8.72. The van der Waals surface area contributed by atoms with Crippen molar-refractivity contribution in [1.29, 1.82) is 0 Å². The quantitative estimate of drug-likeness (QED) is 0.889. The maximum atomic E-state index is 5.95. The van der Waals surface area contributed by atoms with Gasteiger partial charge in [-0.2, -0.15) is 5.10 Å². The summed E-state index contributed by atoms with van der Waals surface area (Å²) in [7, 11) is 0. The van der Waals surface area contributed by atoms with Crippen LogP contribution in [0.4, 0.5) is 5.82 Å². The second-order valence-corrected chi connectivity index (χ2v) is 4.71. The van der Waals surface area contributed by atoms with Gasteiger partial charge >= 0.3 is 0 Å². The topological polar surface area (TPSA) is 54.7 Å². The first kappa shape index (κ1) is 11.5. The average molecular weight is 301 g/mol. The zero-order valence-corrected chi connectivity index (χ0v) is 11.1. The van der Waals surface area contributed by atoms with E-state index in [0.717, 1.165) is 27.7 Å². The van der Waals surface area contributed by atoms with E-state index in [2.05, 4.69) is 33.1 Å². The molecule has 0 aliphatic rings. The van der Waals surface area contributed by atoms with Crippen molar-refractivity contribution in [2.75, 3.05) is 5.73 Å². The van der Waals surface area contributed by atoms with Gasteiger partial charge in [-0.1, -0.05) is 24.6 Å². The Bertz CT molecular complexity index is 522. The molecule has 84 valence electrons. The van der Waals surface area contributed by atoms with Gasteiger partial charge in [-0.3, -0.25) is 5.10 Å². The van der Waals surface area contributed by atoms with Gasteiger partial charge in [0.05, 0.1) is 10.7 Å². The smallest absolute Gasteiger partial charge is 0.149 e. The van der Waals surface area contributed by atoms with Crippen LogP contribution < -0.4 is 5.73 Å². The fraction of sp³-hybridized carbons (Fsp3) is 0.182. The number of hydrogen-bond acceptors (Lipinski definition) is 2. The summed E-state index contributed by atoms with van der Waals surface area (Å²) >= 11 is 9.35. The van der Waals surface area contributed by atoms with Gasteiger partial charge in [-0.05, 0) is 34.5 Å². The van der Waals surface area contributed by atoms with Gasteiger partial charge in [0, 0.05) is 15.6 Å². The van der Waals surface area contributed by atoms with Crippen LogP contribution in [-0.4, -0.2) is 10.2 Å². The molecule has 0 bridgehead atoms.